The summed E-state index contributed by atoms with van der Waals surface area (Å²) in [7, 11) is 1.53. The van der Waals surface area contributed by atoms with E-state index in [9.17, 15) is 9.18 Å². The van der Waals surface area contributed by atoms with E-state index in [1.165, 1.54) is 13.2 Å². The molecule has 4 nitrogen and oxygen atoms in total. The third kappa shape index (κ3) is 3.11. The van der Waals surface area contributed by atoms with Gasteiger partial charge in [-0.05, 0) is 48.9 Å². The lowest BCUT2D eigenvalue weighted by Gasteiger charge is -2.09. The summed E-state index contributed by atoms with van der Waals surface area (Å²) in [6, 6.07) is 12.0. The molecule has 0 saturated heterocycles. The summed E-state index contributed by atoms with van der Waals surface area (Å²) in [6.45, 7) is 1.39. The number of alkyl halides is 1. The van der Waals surface area contributed by atoms with Gasteiger partial charge >= 0.3 is 0 Å². The van der Waals surface area contributed by atoms with Crippen molar-refractivity contribution >= 4 is 11.0 Å². The zero-order chi connectivity index (χ0) is 17.1. The fourth-order valence-corrected chi connectivity index (χ4v) is 2.56. The minimum Gasteiger partial charge on any atom is -0.496 e. The number of hydrogen-bond donors (Lipinski definition) is 0. The number of methoxy groups -OCH3 is 1. The summed E-state index contributed by atoms with van der Waals surface area (Å²) in [6.07, 6.45) is 0. The van der Waals surface area contributed by atoms with Crippen molar-refractivity contribution in [3.05, 3.63) is 58.3 Å². The van der Waals surface area contributed by atoms with E-state index in [4.69, 9.17) is 13.9 Å². The summed E-state index contributed by atoms with van der Waals surface area (Å²) in [5.41, 5.74) is 1.99. The minimum absolute atomic E-state index is 0.0173. The molecule has 0 fully saturated rings. The first-order valence-corrected chi connectivity index (χ1v) is 7.54. The Morgan fingerprint density at radius 3 is 2.54 bits per heavy atom. The Balaban J connectivity index is 2.06. The van der Waals surface area contributed by atoms with Gasteiger partial charge in [0.15, 0.2) is 5.43 Å². The van der Waals surface area contributed by atoms with E-state index in [1.807, 2.05) is 13.0 Å². The van der Waals surface area contributed by atoms with Gasteiger partial charge in [-0.15, -0.1) is 0 Å². The smallest absolute Gasteiger partial charge is 0.197 e. The zero-order valence-electron chi connectivity index (χ0n) is 13.5. The van der Waals surface area contributed by atoms with Crippen LogP contribution in [0.3, 0.4) is 0 Å². The van der Waals surface area contributed by atoms with Crippen molar-refractivity contribution < 1.29 is 18.3 Å². The van der Waals surface area contributed by atoms with Crippen LogP contribution in [0, 0.1) is 6.92 Å². The van der Waals surface area contributed by atoms with Gasteiger partial charge in [-0.1, -0.05) is 0 Å². The van der Waals surface area contributed by atoms with Crippen LogP contribution in [0.25, 0.3) is 22.3 Å². The van der Waals surface area contributed by atoms with Crippen molar-refractivity contribution in [2.75, 3.05) is 20.4 Å². The molecular formula is C19H17FO4. The zero-order valence-corrected chi connectivity index (χ0v) is 13.5. The molecule has 124 valence electrons. The largest absolute Gasteiger partial charge is 0.496 e. The average molecular weight is 328 g/mol. The maximum Gasteiger partial charge on any atom is 0.197 e. The maximum absolute atomic E-state index is 12.5. The Morgan fingerprint density at radius 1 is 1.12 bits per heavy atom. The molecule has 0 radical (unpaired) electrons. The van der Waals surface area contributed by atoms with Crippen molar-refractivity contribution in [2.45, 2.75) is 6.92 Å². The molecule has 1 aromatic heterocycles. The van der Waals surface area contributed by atoms with Crippen LogP contribution in [-0.4, -0.2) is 20.4 Å². The quantitative estimate of drug-likeness (QED) is 0.707. The second-order valence-electron chi connectivity index (χ2n) is 5.38. The molecule has 0 N–H and O–H groups in total. The molecule has 0 aliphatic rings. The van der Waals surface area contributed by atoms with E-state index in [1.54, 1.807) is 30.3 Å². The number of hydrogen-bond acceptors (Lipinski definition) is 4. The highest BCUT2D eigenvalue weighted by atomic mass is 19.1. The van der Waals surface area contributed by atoms with Crippen LogP contribution in [0.2, 0.25) is 0 Å². The first-order valence-electron chi connectivity index (χ1n) is 7.54. The fourth-order valence-electron chi connectivity index (χ4n) is 2.56. The summed E-state index contributed by atoms with van der Waals surface area (Å²) < 4.78 is 28.5. The number of aryl methyl sites for hydroxylation is 1. The van der Waals surface area contributed by atoms with E-state index in [0.717, 1.165) is 11.1 Å². The first-order chi connectivity index (χ1) is 11.6. The van der Waals surface area contributed by atoms with Gasteiger partial charge in [0.2, 0.25) is 0 Å². The molecule has 24 heavy (non-hydrogen) atoms. The molecule has 1 heterocycles. The molecule has 3 aromatic rings. The Morgan fingerprint density at radius 2 is 1.88 bits per heavy atom. The molecule has 2 aromatic carbocycles. The maximum atomic E-state index is 12.5. The molecule has 0 amide bonds. The highest BCUT2D eigenvalue weighted by Crippen LogP contribution is 2.29. The molecule has 0 unspecified atom stereocenters. The number of fused-ring (bicyclic) bond motifs is 1. The highest BCUT2D eigenvalue weighted by molar-refractivity contribution is 5.85. The van der Waals surface area contributed by atoms with Crippen molar-refractivity contribution in [3.63, 3.8) is 0 Å². The number of benzene rings is 2. The topological polar surface area (TPSA) is 48.7 Å². The van der Waals surface area contributed by atoms with Gasteiger partial charge in [0.25, 0.3) is 0 Å². The Labute approximate surface area is 138 Å². The number of ether oxygens (including phenoxy) is 2. The Bertz CT molecular complexity index is 913. The molecule has 0 aliphatic carbocycles. The summed E-state index contributed by atoms with van der Waals surface area (Å²) >= 11 is 0. The lowest BCUT2D eigenvalue weighted by molar-refractivity contribution is 0.273. The van der Waals surface area contributed by atoms with Crippen LogP contribution in [-0.2, 0) is 0 Å². The van der Waals surface area contributed by atoms with Crippen LogP contribution >= 0.6 is 0 Å². The van der Waals surface area contributed by atoms with Crippen molar-refractivity contribution in [3.8, 4) is 22.8 Å². The van der Waals surface area contributed by atoms with Crippen LogP contribution in [0.4, 0.5) is 4.39 Å². The lowest BCUT2D eigenvalue weighted by atomic mass is 10.1. The van der Waals surface area contributed by atoms with Crippen LogP contribution in [0.1, 0.15) is 5.56 Å². The Kier molecular flexibility index (Phi) is 4.51. The van der Waals surface area contributed by atoms with Crippen molar-refractivity contribution in [2.24, 2.45) is 0 Å². The molecule has 0 atom stereocenters. The highest BCUT2D eigenvalue weighted by Gasteiger charge is 2.12. The number of halogens is 1. The summed E-state index contributed by atoms with van der Waals surface area (Å²) in [5.74, 6) is 1.52. The van der Waals surface area contributed by atoms with E-state index >= 15 is 0 Å². The Hall–Kier alpha value is -2.82. The molecule has 0 spiro atoms. The van der Waals surface area contributed by atoms with Crippen molar-refractivity contribution in [1.29, 1.82) is 0 Å². The van der Waals surface area contributed by atoms with Gasteiger partial charge in [0.05, 0.1) is 7.11 Å². The predicted octanol–water partition coefficient (Wildman–Crippen LogP) is 4.13. The third-order valence-electron chi connectivity index (χ3n) is 3.64. The molecule has 0 aliphatic heterocycles. The second-order valence-corrected chi connectivity index (χ2v) is 5.38. The van der Waals surface area contributed by atoms with Crippen LogP contribution in [0.5, 0.6) is 11.5 Å². The minimum atomic E-state index is -0.539. The van der Waals surface area contributed by atoms with Gasteiger partial charge in [-0.25, -0.2) is 4.39 Å². The van der Waals surface area contributed by atoms with Gasteiger partial charge in [0.1, 0.15) is 41.5 Å². The normalized spacial score (nSPS) is 10.8. The fraction of sp³-hybridized carbons (Fsp3) is 0.211. The summed E-state index contributed by atoms with van der Waals surface area (Å²) in [4.78, 5) is 12.5. The predicted molar refractivity (Wildman–Crippen MR) is 90.7 cm³/mol. The van der Waals surface area contributed by atoms with E-state index in [-0.39, 0.29) is 12.0 Å². The lowest BCUT2D eigenvalue weighted by Crippen LogP contribution is -2.03. The first kappa shape index (κ1) is 16.1. The second kappa shape index (κ2) is 6.74. The van der Waals surface area contributed by atoms with E-state index in [0.29, 0.717) is 28.2 Å². The number of rotatable bonds is 5. The van der Waals surface area contributed by atoms with Gasteiger partial charge in [-0.2, -0.15) is 0 Å². The van der Waals surface area contributed by atoms with Gasteiger partial charge in [-0.3, -0.25) is 4.79 Å². The molecule has 5 heteroatoms. The molecule has 0 bridgehead atoms. The SMILES string of the molecule is COc1cc(C)cc2oc(-c3ccc(OCCF)cc3)cc(=O)c12. The molecule has 3 rings (SSSR count). The standard InChI is InChI=1S/C19H17FO4/c1-12-9-17(22-2)19-15(21)11-16(24-18(19)10-12)13-3-5-14(6-4-13)23-8-7-20/h3-6,9-11H,7-8H2,1-2H3. The average Bonchev–Trinajstić information content (AvgIpc) is 2.59. The van der Waals surface area contributed by atoms with E-state index < -0.39 is 6.67 Å². The van der Waals surface area contributed by atoms with Crippen LogP contribution < -0.4 is 14.9 Å². The van der Waals surface area contributed by atoms with E-state index in [2.05, 4.69) is 0 Å². The van der Waals surface area contributed by atoms with Crippen LogP contribution in [0.15, 0.2) is 51.7 Å². The third-order valence-corrected chi connectivity index (χ3v) is 3.64. The summed E-state index contributed by atoms with van der Waals surface area (Å²) in [5, 5.41) is 0.426. The molecular weight excluding hydrogens is 311 g/mol. The van der Waals surface area contributed by atoms with Gasteiger partial charge < -0.3 is 13.9 Å². The van der Waals surface area contributed by atoms with Crippen molar-refractivity contribution in [1.82, 2.24) is 0 Å². The monoisotopic (exact) mass is 328 g/mol. The molecule has 0 saturated carbocycles. The van der Waals surface area contributed by atoms with Gasteiger partial charge in [0, 0.05) is 11.6 Å².